The van der Waals surface area contributed by atoms with E-state index < -0.39 is 0 Å². The van der Waals surface area contributed by atoms with E-state index in [1.54, 1.807) is 18.2 Å². The number of rotatable bonds is 9. The van der Waals surface area contributed by atoms with Crippen molar-refractivity contribution < 1.29 is 19.0 Å². The van der Waals surface area contributed by atoms with Crippen molar-refractivity contribution in [2.75, 3.05) is 39.5 Å². The van der Waals surface area contributed by atoms with Crippen LogP contribution in [0.5, 0.6) is 17.2 Å². The predicted octanol–water partition coefficient (Wildman–Crippen LogP) is 3.33. The molecule has 0 aliphatic carbocycles. The van der Waals surface area contributed by atoms with Gasteiger partial charge < -0.3 is 19.5 Å². The number of piperazine rings is 1. The van der Waals surface area contributed by atoms with E-state index in [-0.39, 0.29) is 18.8 Å². The maximum absolute atomic E-state index is 12.5. The third-order valence-corrected chi connectivity index (χ3v) is 6.45. The summed E-state index contributed by atoms with van der Waals surface area (Å²) in [5.74, 6) is 1.89. The van der Waals surface area contributed by atoms with Crippen molar-refractivity contribution in [1.29, 1.82) is 0 Å². The fraction of sp³-hybridized carbons (Fsp3) is 0.357. The highest BCUT2D eigenvalue weighted by Gasteiger charge is 2.18. The molecule has 1 amide bonds. The Balaban J connectivity index is 1.03. The molecule has 2 aliphatic heterocycles. The Labute approximate surface area is 211 Å². The Morgan fingerprint density at radius 3 is 2.42 bits per heavy atom. The summed E-state index contributed by atoms with van der Waals surface area (Å²) >= 11 is 0. The Kier molecular flexibility index (Phi) is 7.64. The molecule has 1 unspecified atom stereocenters. The van der Waals surface area contributed by atoms with Gasteiger partial charge in [0, 0.05) is 57.2 Å². The molecule has 1 saturated heterocycles. The van der Waals surface area contributed by atoms with Gasteiger partial charge in [0.1, 0.15) is 11.9 Å². The Morgan fingerprint density at radius 1 is 0.972 bits per heavy atom. The highest BCUT2D eigenvalue weighted by molar-refractivity contribution is 5.94. The van der Waals surface area contributed by atoms with E-state index in [9.17, 15) is 4.79 Å². The highest BCUT2D eigenvalue weighted by Crippen LogP contribution is 2.32. The smallest absolute Gasteiger partial charge is 0.251 e. The minimum Gasteiger partial charge on any atom is -0.489 e. The topological polar surface area (TPSA) is 76.2 Å². The molecule has 0 radical (unpaired) electrons. The molecule has 36 heavy (non-hydrogen) atoms. The minimum atomic E-state index is -0.167. The van der Waals surface area contributed by atoms with E-state index in [1.165, 1.54) is 11.1 Å². The summed E-state index contributed by atoms with van der Waals surface area (Å²) in [5.41, 5.74) is 3.07. The van der Waals surface area contributed by atoms with E-state index in [4.69, 9.17) is 14.2 Å². The van der Waals surface area contributed by atoms with Crippen LogP contribution in [0.3, 0.4) is 0 Å². The van der Waals surface area contributed by atoms with Crippen LogP contribution in [0.1, 0.15) is 28.4 Å². The zero-order valence-corrected chi connectivity index (χ0v) is 20.6. The number of carbonyl (C=O) groups is 1. The van der Waals surface area contributed by atoms with Crippen molar-refractivity contribution in [1.82, 2.24) is 20.1 Å². The van der Waals surface area contributed by atoms with Gasteiger partial charge in [-0.15, -0.1) is 0 Å². The normalized spacial score (nSPS) is 16.5. The van der Waals surface area contributed by atoms with E-state index in [0.717, 1.165) is 45.0 Å². The summed E-state index contributed by atoms with van der Waals surface area (Å²) in [4.78, 5) is 21.7. The summed E-state index contributed by atoms with van der Waals surface area (Å²) < 4.78 is 16.6. The molecule has 2 aromatic carbocycles. The molecule has 1 N–H and O–H groups in total. The van der Waals surface area contributed by atoms with Crippen LogP contribution in [-0.4, -0.2) is 66.3 Å². The lowest BCUT2D eigenvalue weighted by atomic mass is 10.1. The van der Waals surface area contributed by atoms with Gasteiger partial charge in [0.05, 0.1) is 6.54 Å². The molecule has 0 saturated carbocycles. The van der Waals surface area contributed by atoms with Crippen LogP contribution < -0.4 is 19.5 Å². The van der Waals surface area contributed by atoms with Gasteiger partial charge in [0.25, 0.3) is 5.91 Å². The van der Waals surface area contributed by atoms with Gasteiger partial charge in [-0.05, 0) is 54.4 Å². The zero-order chi connectivity index (χ0) is 24.7. The Morgan fingerprint density at radius 2 is 1.69 bits per heavy atom. The summed E-state index contributed by atoms with van der Waals surface area (Å²) in [7, 11) is 0. The molecule has 0 spiro atoms. The third kappa shape index (κ3) is 6.33. The Hall–Kier alpha value is -3.62. The maximum atomic E-state index is 12.5. The first-order valence-electron chi connectivity index (χ1n) is 12.4. The van der Waals surface area contributed by atoms with Crippen LogP contribution in [0.25, 0.3) is 0 Å². The average Bonchev–Trinajstić information content (AvgIpc) is 3.38. The number of benzene rings is 2. The highest BCUT2D eigenvalue weighted by atomic mass is 16.7. The van der Waals surface area contributed by atoms with Crippen molar-refractivity contribution in [2.45, 2.75) is 26.1 Å². The lowest BCUT2D eigenvalue weighted by Crippen LogP contribution is -2.45. The van der Waals surface area contributed by atoms with Crippen LogP contribution in [0.2, 0.25) is 0 Å². The number of carbonyl (C=O) groups excluding carboxylic acids is 1. The molecule has 1 aromatic heterocycles. The van der Waals surface area contributed by atoms with Gasteiger partial charge in [-0.2, -0.15) is 0 Å². The van der Waals surface area contributed by atoms with Crippen molar-refractivity contribution in [2.24, 2.45) is 0 Å². The lowest BCUT2D eigenvalue weighted by molar-refractivity contribution is 0.0931. The largest absolute Gasteiger partial charge is 0.489 e. The quantitative estimate of drug-likeness (QED) is 0.495. The summed E-state index contributed by atoms with van der Waals surface area (Å²) in [5, 5.41) is 2.92. The number of nitrogens with one attached hydrogen (secondary N) is 1. The monoisotopic (exact) mass is 488 g/mol. The molecule has 5 rings (SSSR count). The van der Waals surface area contributed by atoms with E-state index >= 15 is 0 Å². The number of hydrogen-bond donors (Lipinski definition) is 1. The van der Waals surface area contributed by atoms with Gasteiger partial charge in [-0.1, -0.05) is 18.2 Å². The first-order chi connectivity index (χ1) is 17.6. The summed E-state index contributed by atoms with van der Waals surface area (Å²) in [6, 6.07) is 17.6. The average molecular weight is 489 g/mol. The molecule has 8 heteroatoms. The number of nitrogens with zero attached hydrogens (tertiary/aromatic N) is 3. The van der Waals surface area contributed by atoms with Crippen LogP contribution in [0, 0.1) is 0 Å². The number of amides is 1. The summed E-state index contributed by atoms with van der Waals surface area (Å²) in [6.45, 7) is 8.66. The fourth-order valence-electron chi connectivity index (χ4n) is 4.44. The Bertz CT molecular complexity index is 1150. The second kappa shape index (κ2) is 11.4. The van der Waals surface area contributed by atoms with Gasteiger partial charge >= 0.3 is 0 Å². The summed E-state index contributed by atoms with van der Waals surface area (Å²) in [6.07, 6.45) is 3.60. The predicted molar refractivity (Wildman–Crippen MR) is 136 cm³/mol. The zero-order valence-electron chi connectivity index (χ0n) is 20.6. The van der Waals surface area contributed by atoms with Crippen molar-refractivity contribution in [3.05, 3.63) is 83.7 Å². The maximum Gasteiger partial charge on any atom is 0.251 e. The van der Waals surface area contributed by atoms with Gasteiger partial charge in [-0.25, -0.2) is 0 Å². The minimum absolute atomic E-state index is 0.165. The molecule has 1 atom stereocenters. The number of aromatic nitrogens is 1. The third-order valence-electron chi connectivity index (χ3n) is 6.45. The molecular formula is C28H32N4O4. The first-order valence-corrected chi connectivity index (χ1v) is 12.4. The molecule has 2 aliphatic rings. The molecule has 3 heterocycles. The second-order valence-electron chi connectivity index (χ2n) is 9.26. The number of ether oxygens (including phenoxy) is 3. The van der Waals surface area contributed by atoms with Crippen LogP contribution in [-0.2, 0) is 13.1 Å². The molecular weight excluding hydrogens is 456 g/mol. The molecule has 3 aromatic rings. The first kappa shape index (κ1) is 24.1. The fourth-order valence-corrected chi connectivity index (χ4v) is 4.44. The molecule has 8 nitrogen and oxygen atoms in total. The van der Waals surface area contributed by atoms with Crippen molar-refractivity contribution in [3.63, 3.8) is 0 Å². The molecule has 188 valence electrons. The van der Waals surface area contributed by atoms with E-state index in [0.29, 0.717) is 23.6 Å². The number of hydrogen-bond acceptors (Lipinski definition) is 7. The molecule has 0 bridgehead atoms. The van der Waals surface area contributed by atoms with E-state index in [2.05, 4.69) is 38.3 Å². The standard InChI is InChI=1S/C28H32N4O4/c1-21(16-30-28(33)24-6-9-26-27(15-24)35-20-34-26)36-25-7-4-22(5-8-25)18-31-11-13-32(14-12-31)19-23-3-2-10-29-17-23/h2-10,15,17,21H,11-14,16,18-20H2,1H3,(H,30,33). The number of fused-ring (bicyclic) bond motifs is 1. The molecule has 1 fully saturated rings. The second-order valence-corrected chi connectivity index (χ2v) is 9.26. The van der Waals surface area contributed by atoms with Crippen LogP contribution >= 0.6 is 0 Å². The van der Waals surface area contributed by atoms with E-state index in [1.807, 2.05) is 37.5 Å². The van der Waals surface area contributed by atoms with Crippen LogP contribution in [0.4, 0.5) is 0 Å². The van der Waals surface area contributed by atoms with Crippen molar-refractivity contribution in [3.8, 4) is 17.2 Å². The van der Waals surface area contributed by atoms with Gasteiger partial charge in [-0.3, -0.25) is 19.6 Å². The lowest BCUT2D eigenvalue weighted by Gasteiger charge is -2.34. The van der Waals surface area contributed by atoms with Crippen LogP contribution in [0.15, 0.2) is 67.0 Å². The number of pyridine rings is 1. The SMILES string of the molecule is CC(CNC(=O)c1ccc2c(c1)OCO2)Oc1ccc(CN2CCN(Cc3cccnc3)CC2)cc1. The van der Waals surface area contributed by atoms with Crippen molar-refractivity contribution >= 4 is 5.91 Å². The van der Waals surface area contributed by atoms with Gasteiger partial charge in [0.2, 0.25) is 6.79 Å². The van der Waals surface area contributed by atoms with Gasteiger partial charge in [0.15, 0.2) is 11.5 Å².